The van der Waals surface area contributed by atoms with Gasteiger partial charge in [0.15, 0.2) is 0 Å². The van der Waals surface area contributed by atoms with Crippen LogP contribution in [-0.2, 0) is 49.6 Å². The second-order valence-electron chi connectivity index (χ2n) is 15.9. The number of carboxylic acid groups (broad SMARTS) is 1. The molecule has 67 heavy (non-hydrogen) atoms. The van der Waals surface area contributed by atoms with Crippen LogP contribution in [0.5, 0.6) is 5.75 Å². The number of nitrogens with two attached hydrogens (primary N) is 3. The molecule has 0 aromatic heterocycles. The van der Waals surface area contributed by atoms with Crippen LogP contribution < -0.4 is 59.7 Å². The first kappa shape index (κ1) is 59.8. The molecule has 26 heteroatoms. The van der Waals surface area contributed by atoms with Gasteiger partial charge in [0.2, 0.25) is 47.3 Å². The minimum atomic E-state index is -1.74. The summed E-state index contributed by atoms with van der Waals surface area (Å²) >= 11 is 8.09. The molecular formula is C41H69N11O13S2. The van der Waals surface area contributed by atoms with Crippen LogP contribution in [0, 0.1) is 5.92 Å². The summed E-state index contributed by atoms with van der Waals surface area (Å²) in [7, 11) is 0. The molecule has 0 heterocycles. The van der Waals surface area contributed by atoms with Crippen LogP contribution in [0.2, 0.25) is 0 Å². The third kappa shape index (κ3) is 22.9. The number of unbranched alkanes of at least 4 members (excludes halogenated alkanes) is 2. The zero-order valence-electron chi connectivity index (χ0n) is 37.7. The molecule has 0 aliphatic carbocycles. The fourth-order valence-corrected chi connectivity index (χ4v) is 6.59. The summed E-state index contributed by atoms with van der Waals surface area (Å²) in [5.74, 6) is -8.90. The molecule has 1 aromatic carbocycles. The normalized spacial score (nSPS) is 14.7. The highest BCUT2D eigenvalue weighted by Crippen LogP contribution is 2.13. The fourth-order valence-electron chi connectivity index (χ4n) is 6.17. The van der Waals surface area contributed by atoms with Gasteiger partial charge in [0, 0.05) is 17.9 Å². The second kappa shape index (κ2) is 32.5. The molecule has 0 unspecified atom stereocenters. The lowest BCUT2D eigenvalue weighted by atomic mass is 10.0. The van der Waals surface area contributed by atoms with Crippen molar-refractivity contribution in [3.63, 3.8) is 0 Å². The van der Waals surface area contributed by atoms with Gasteiger partial charge in [0.25, 0.3) is 0 Å². The Morgan fingerprint density at radius 3 is 1.37 bits per heavy atom. The van der Waals surface area contributed by atoms with E-state index in [2.05, 4.69) is 67.8 Å². The van der Waals surface area contributed by atoms with E-state index in [-0.39, 0.29) is 61.9 Å². The molecule has 378 valence electrons. The van der Waals surface area contributed by atoms with E-state index < -0.39 is 121 Å². The molecule has 8 atom stereocenters. The number of rotatable bonds is 33. The van der Waals surface area contributed by atoms with Gasteiger partial charge in [-0.2, -0.15) is 25.3 Å². The molecule has 0 saturated carbocycles. The molecule has 0 radical (unpaired) electrons. The Hall–Kier alpha value is -5.25. The molecule has 0 bridgehead atoms. The lowest BCUT2D eigenvalue weighted by Gasteiger charge is -2.28. The lowest BCUT2D eigenvalue weighted by Crippen LogP contribution is -2.61. The smallest absolute Gasteiger partial charge is 0.322 e. The van der Waals surface area contributed by atoms with E-state index in [1.807, 2.05) is 0 Å². The van der Waals surface area contributed by atoms with E-state index in [9.17, 15) is 58.5 Å². The third-order valence-corrected chi connectivity index (χ3v) is 10.7. The Morgan fingerprint density at radius 1 is 0.552 bits per heavy atom. The molecule has 8 amide bonds. The fraction of sp³-hybridized carbons (Fsp3) is 0.634. The molecular weight excluding hydrogens is 919 g/mol. The number of hydrogen-bond acceptors (Lipinski definition) is 17. The maximum Gasteiger partial charge on any atom is 0.322 e. The van der Waals surface area contributed by atoms with Crippen LogP contribution in [0.4, 0.5) is 0 Å². The Balaban J connectivity index is 3.29. The van der Waals surface area contributed by atoms with Crippen molar-refractivity contribution in [2.24, 2.45) is 23.1 Å². The number of amides is 8. The van der Waals surface area contributed by atoms with Crippen LogP contribution in [0.15, 0.2) is 24.3 Å². The van der Waals surface area contributed by atoms with Gasteiger partial charge in [-0.05, 0) is 81.6 Å². The van der Waals surface area contributed by atoms with Gasteiger partial charge in [-0.15, -0.1) is 0 Å². The van der Waals surface area contributed by atoms with Gasteiger partial charge in [-0.3, -0.25) is 43.2 Å². The van der Waals surface area contributed by atoms with E-state index in [1.165, 1.54) is 24.3 Å². The number of carbonyl (C=O) groups is 9. The Labute approximate surface area is 400 Å². The standard InChI is InChI=1S/C41H69N11O13S2/c1-22(2)15-28(38(62)52-32(21-67)35(59)45-17-33(56)57)49-37(61)27(8-4-6-14-43)46-36(60)26(7-3-5-13-42)47-40(64)30(18-53)51-41(65)31(19-54)50-39(63)29(48-34(58)25(44)20-66)16-23-9-11-24(55)12-10-23/h9-12,22,25-32,53-55,66-67H,3-8,13-21,42-44H2,1-2H3,(H,45,59)(H,46,60)(H,47,64)(H,48,58)(H,49,61)(H,50,63)(H,51,65)(H,52,62)(H,56,57)/t25-,26-,27-,28-,29-,30-,31-,32-/m0/s1. The van der Waals surface area contributed by atoms with Crippen LogP contribution in [0.25, 0.3) is 0 Å². The van der Waals surface area contributed by atoms with Gasteiger partial charge in [0.1, 0.15) is 54.6 Å². The van der Waals surface area contributed by atoms with Crippen molar-refractivity contribution in [1.82, 2.24) is 42.5 Å². The Bertz CT molecular complexity index is 1780. The minimum absolute atomic E-state index is 0.0220. The molecule has 0 fully saturated rings. The van der Waals surface area contributed by atoms with Crippen molar-refractivity contribution in [1.29, 1.82) is 0 Å². The van der Waals surface area contributed by atoms with Crippen molar-refractivity contribution in [3.05, 3.63) is 29.8 Å². The van der Waals surface area contributed by atoms with Gasteiger partial charge in [0.05, 0.1) is 19.3 Å². The molecule has 24 nitrogen and oxygen atoms in total. The molecule has 0 aliphatic rings. The number of aliphatic carboxylic acids is 1. The average molecular weight is 988 g/mol. The largest absolute Gasteiger partial charge is 0.508 e. The SMILES string of the molecule is CC(C)C[C@H](NC(=O)[C@H](CCCCN)NC(=O)[C@H](CCCCN)NC(=O)[C@H](CO)NC(=O)[C@H](CO)NC(=O)[C@H](Cc1ccc(O)cc1)NC(=O)[C@@H](N)CS)C(=O)N[C@@H](CS)C(=O)NCC(=O)O. The molecule has 18 N–H and O–H groups in total. The number of benzene rings is 1. The number of phenolic OH excluding ortho intramolecular Hbond substituents is 1. The number of aliphatic hydroxyl groups is 2. The maximum atomic E-state index is 13.9. The van der Waals surface area contributed by atoms with Crippen molar-refractivity contribution < 1.29 is 63.6 Å². The number of thiol groups is 2. The van der Waals surface area contributed by atoms with Crippen molar-refractivity contribution in [3.8, 4) is 5.75 Å². The predicted octanol–water partition coefficient (Wildman–Crippen LogP) is -5.00. The van der Waals surface area contributed by atoms with E-state index in [0.29, 0.717) is 31.2 Å². The highest BCUT2D eigenvalue weighted by atomic mass is 32.1. The minimum Gasteiger partial charge on any atom is -0.508 e. The van der Waals surface area contributed by atoms with E-state index >= 15 is 0 Å². The molecule has 0 saturated heterocycles. The predicted molar refractivity (Wildman–Crippen MR) is 251 cm³/mol. The van der Waals surface area contributed by atoms with Crippen LogP contribution in [-0.4, -0.2) is 166 Å². The van der Waals surface area contributed by atoms with Crippen molar-refractivity contribution >= 4 is 78.5 Å². The van der Waals surface area contributed by atoms with Crippen LogP contribution in [0.1, 0.15) is 64.4 Å². The first-order valence-corrected chi connectivity index (χ1v) is 23.0. The third-order valence-electron chi connectivity index (χ3n) is 9.90. The van der Waals surface area contributed by atoms with Crippen LogP contribution >= 0.6 is 25.3 Å². The zero-order valence-corrected chi connectivity index (χ0v) is 39.5. The van der Waals surface area contributed by atoms with Crippen molar-refractivity contribution in [2.75, 3.05) is 44.4 Å². The number of aliphatic hydroxyl groups excluding tert-OH is 2. The summed E-state index contributed by atoms with van der Waals surface area (Å²) in [5, 5.41) is 58.2. The molecule has 0 spiro atoms. The van der Waals surface area contributed by atoms with E-state index in [0.717, 1.165) is 0 Å². The highest BCUT2D eigenvalue weighted by Gasteiger charge is 2.34. The van der Waals surface area contributed by atoms with Gasteiger partial charge < -0.3 is 80.2 Å². The first-order valence-electron chi connectivity index (χ1n) is 21.7. The first-order chi connectivity index (χ1) is 31.7. The maximum absolute atomic E-state index is 13.9. The number of phenols is 1. The number of carboxylic acids is 1. The molecule has 0 aliphatic heterocycles. The Morgan fingerprint density at radius 2 is 0.955 bits per heavy atom. The number of aromatic hydroxyl groups is 1. The zero-order chi connectivity index (χ0) is 50.6. The van der Waals surface area contributed by atoms with Gasteiger partial charge in [-0.1, -0.05) is 26.0 Å². The Kier molecular flexibility index (Phi) is 28.9. The van der Waals surface area contributed by atoms with E-state index in [4.69, 9.17) is 22.3 Å². The van der Waals surface area contributed by atoms with Gasteiger partial charge in [-0.25, -0.2) is 0 Å². The molecule has 1 aromatic rings. The number of carbonyl (C=O) groups excluding carboxylic acids is 8. The summed E-state index contributed by atoms with van der Waals surface area (Å²) in [6, 6.07) is -5.34. The highest BCUT2D eigenvalue weighted by molar-refractivity contribution is 7.80. The van der Waals surface area contributed by atoms with Crippen molar-refractivity contribution in [2.45, 2.75) is 114 Å². The van der Waals surface area contributed by atoms with Crippen LogP contribution in [0.3, 0.4) is 0 Å². The summed E-state index contributed by atoms with van der Waals surface area (Å²) in [4.78, 5) is 118. The summed E-state index contributed by atoms with van der Waals surface area (Å²) in [6.45, 7) is 1.32. The number of nitrogens with one attached hydrogen (secondary N) is 8. The second-order valence-corrected chi connectivity index (χ2v) is 16.7. The average Bonchev–Trinajstić information content (AvgIpc) is 3.29. The summed E-state index contributed by atoms with van der Waals surface area (Å²) in [6.07, 6.45) is 1.49. The number of hydrogen-bond donors (Lipinski definition) is 17. The monoisotopic (exact) mass is 987 g/mol. The lowest BCUT2D eigenvalue weighted by molar-refractivity contribution is -0.138. The summed E-state index contributed by atoms with van der Waals surface area (Å²) in [5.41, 5.74) is 17.6. The quantitative estimate of drug-likeness (QED) is 0.0232. The molecule has 1 rings (SSSR count). The topological polar surface area (TPSA) is 409 Å². The summed E-state index contributed by atoms with van der Waals surface area (Å²) < 4.78 is 0. The van der Waals surface area contributed by atoms with Gasteiger partial charge >= 0.3 is 5.97 Å². The van der Waals surface area contributed by atoms with E-state index in [1.54, 1.807) is 13.8 Å².